The molecular weight excluding hydrogens is 548 g/mol. The smallest absolute Gasteiger partial charge is 0.268 e. The third kappa shape index (κ3) is 4.42. The van der Waals surface area contributed by atoms with Crippen LogP contribution in [-0.4, -0.2) is 38.1 Å². The van der Waals surface area contributed by atoms with E-state index in [2.05, 4.69) is 17.0 Å². The first-order chi connectivity index (χ1) is 20.5. The Balaban J connectivity index is 1.31. The Hall–Kier alpha value is -4.27. The fraction of sp³-hybridized carbons (Fsp3) is 0.235. The zero-order chi connectivity index (χ0) is 28.8. The maximum atomic E-state index is 14.1. The van der Waals surface area contributed by atoms with Crippen molar-refractivity contribution in [2.45, 2.75) is 36.9 Å². The Labute approximate surface area is 245 Å². The summed E-state index contributed by atoms with van der Waals surface area (Å²) in [5.74, 6) is 2.14. The van der Waals surface area contributed by atoms with E-state index in [1.54, 1.807) is 42.5 Å². The van der Waals surface area contributed by atoms with Gasteiger partial charge in [0.05, 0.1) is 30.3 Å². The highest BCUT2D eigenvalue weighted by Crippen LogP contribution is 2.46. The van der Waals surface area contributed by atoms with E-state index in [0.29, 0.717) is 36.6 Å². The molecule has 0 bridgehead atoms. The van der Waals surface area contributed by atoms with Crippen molar-refractivity contribution in [2.24, 2.45) is 0 Å². The van der Waals surface area contributed by atoms with Crippen molar-refractivity contribution in [3.8, 4) is 17.2 Å². The average Bonchev–Trinajstić information content (AvgIpc) is 3.36. The molecule has 0 radical (unpaired) electrons. The van der Waals surface area contributed by atoms with Gasteiger partial charge in [-0.2, -0.15) is 0 Å². The van der Waals surface area contributed by atoms with Gasteiger partial charge >= 0.3 is 0 Å². The number of ether oxygens (including phenoxy) is 3. The highest BCUT2D eigenvalue weighted by molar-refractivity contribution is 7.90. The molecule has 3 heterocycles. The van der Waals surface area contributed by atoms with E-state index in [1.165, 1.54) is 11.1 Å². The Kier molecular flexibility index (Phi) is 6.67. The molecule has 1 aromatic heterocycles. The SMILES string of the molecule is COc1ccc2c(c1)c1c(n2S(=O)(=O)c2ccccc2)CN2CCc3cc(OCc4ccccc4)c(OC)cc3C2C1. The molecule has 2 aliphatic heterocycles. The van der Waals surface area contributed by atoms with Gasteiger partial charge in [0, 0.05) is 24.5 Å². The number of fused-ring (bicyclic) bond motifs is 6. The van der Waals surface area contributed by atoms with Crippen LogP contribution in [0.2, 0.25) is 0 Å². The van der Waals surface area contributed by atoms with Crippen LogP contribution in [0.4, 0.5) is 0 Å². The summed E-state index contributed by atoms with van der Waals surface area (Å²) in [6, 6.07) is 28.7. The third-order valence-corrected chi connectivity index (χ3v) is 10.3. The van der Waals surface area contributed by atoms with Crippen LogP contribution in [0.1, 0.15) is 34.0 Å². The minimum atomic E-state index is -3.81. The van der Waals surface area contributed by atoms with Gasteiger partial charge in [0.15, 0.2) is 11.5 Å². The molecular formula is C34H32N2O5S. The summed E-state index contributed by atoms with van der Waals surface area (Å²) in [5.41, 5.74) is 6.07. The number of hydrogen-bond donors (Lipinski definition) is 0. The van der Waals surface area contributed by atoms with Crippen LogP contribution in [0.15, 0.2) is 95.9 Å². The van der Waals surface area contributed by atoms with E-state index in [9.17, 15) is 8.42 Å². The van der Waals surface area contributed by atoms with Crippen LogP contribution in [0.3, 0.4) is 0 Å². The minimum absolute atomic E-state index is 0.0861. The molecule has 0 spiro atoms. The molecule has 4 aromatic carbocycles. The lowest BCUT2D eigenvalue weighted by Gasteiger charge is -2.41. The van der Waals surface area contributed by atoms with E-state index in [-0.39, 0.29) is 10.9 Å². The fourth-order valence-corrected chi connectivity index (χ4v) is 8.02. The van der Waals surface area contributed by atoms with Crippen molar-refractivity contribution < 1.29 is 22.6 Å². The van der Waals surface area contributed by atoms with Gasteiger partial charge in [0.2, 0.25) is 0 Å². The molecule has 42 heavy (non-hydrogen) atoms. The second-order valence-electron chi connectivity index (χ2n) is 10.8. The largest absolute Gasteiger partial charge is 0.497 e. The van der Waals surface area contributed by atoms with Crippen molar-refractivity contribution in [1.29, 1.82) is 0 Å². The van der Waals surface area contributed by atoms with E-state index in [1.807, 2.05) is 54.6 Å². The topological polar surface area (TPSA) is 70.0 Å². The lowest BCUT2D eigenvalue weighted by molar-refractivity contribution is 0.158. The third-order valence-electron chi connectivity index (χ3n) is 8.50. The zero-order valence-corrected chi connectivity index (χ0v) is 24.4. The molecule has 1 atom stereocenters. The minimum Gasteiger partial charge on any atom is -0.497 e. The van der Waals surface area contributed by atoms with Crippen molar-refractivity contribution in [1.82, 2.24) is 8.87 Å². The van der Waals surface area contributed by atoms with Gasteiger partial charge in [-0.3, -0.25) is 4.90 Å². The number of methoxy groups -OCH3 is 2. The fourth-order valence-electron chi connectivity index (χ4n) is 6.43. The molecule has 0 N–H and O–H groups in total. The van der Waals surface area contributed by atoms with E-state index in [0.717, 1.165) is 40.9 Å². The highest BCUT2D eigenvalue weighted by Gasteiger charge is 2.38. The second-order valence-corrected chi connectivity index (χ2v) is 12.6. The summed E-state index contributed by atoms with van der Waals surface area (Å²) in [6.45, 7) is 1.81. The maximum Gasteiger partial charge on any atom is 0.268 e. The number of nitrogens with zero attached hydrogens (tertiary/aromatic N) is 2. The van der Waals surface area contributed by atoms with Crippen molar-refractivity contribution >= 4 is 20.9 Å². The van der Waals surface area contributed by atoms with E-state index in [4.69, 9.17) is 14.2 Å². The quantitative estimate of drug-likeness (QED) is 0.231. The predicted molar refractivity (Wildman–Crippen MR) is 162 cm³/mol. The van der Waals surface area contributed by atoms with Crippen molar-refractivity contribution in [3.05, 3.63) is 119 Å². The van der Waals surface area contributed by atoms with Crippen molar-refractivity contribution in [2.75, 3.05) is 20.8 Å². The zero-order valence-electron chi connectivity index (χ0n) is 23.6. The van der Waals surface area contributed by atoms with Gasteiger partial charge < -0.3 is 14.2 Å². The molecule has 0 aliphatic carbocycles. The lowest BCUT2D eigenvalue weighted by Crippen LogP contribution is -2.40. The maximum absolute atomic E-state index is 14.1. The van der Waals surface area contributed by atoms with Gasteiger partial charge in [-0.05, 0) is 77.6 Å². The molecule has 7 rings (SSSR count). The summed E-state index contributed by atoms with van der Waals surface area (Å²) in [4.78, 5) is 2.67. The molecule has 214 valence electrons. The first kappa shape index (κ1) is 26.6. The number of benzene rings is 4. The molecule has 0 saturated carbocycles. The summed E-state index contributed by atoms with van der Waals surface area (Å²) in [5, 5.41) is 0.908. The first-order valence-corrected chi connectivity index (χ1v) is 15.5. The van der Waals surface area contributed by atoms with Crippen LogP contribution in [0, 0.1) is 0 Å². The summed E-state index contributed by atoms with van der Waals surface area (Å²) < 4.78 is 47.3. The van der Waals surface area contributed by atoms with Gasteiger partial charge in [0.1, 0.15) is 12.4 Å². The predicted octanol–water partition coefficient (Wildman–Crippen LogP) is 6.13. The summed E-state index contributed by atoms with van der Waals surface area (Å²) >= 11 is 0. The standard InChI is InChI=1S/C34H32N2O5S/c1-39-25-13-14-30-28(18-25)29-19-31-27-20-33(40-2)34(41-22-23-9-5-3-6-10-23)17-24(27)15-16-35(31)21-32(29)36(30)42(37,38)26-11-7-4-8-12-26/h3-14,17-18,20,31H,15-16,19,21-22H2,1-2H3. The summed E-state index contributed by atoms with van der Waals surface area (Å²) in [7, 11) is -0.510. The van der Waals surface area contributed by atoms with Gasteiger partial charge in [-0.1, -0.05) is 48.5 Å². The molecule has 8 heteroatoms. The monoisotopic (exact) mass is 580 g/mol. The second kappa shape index (κ2) is 10.5. The van der Waals surface area contributed by atoms with Crippen molar-refractivity contribution in [3.63, 3.8) is 0 Å². The number of aromatic nitrogens is 1. The average molecular weight is 581 g/mol. The highest BCUT2D eigenvalue weighted by atomic mass is 32.2. The van der Waals surface area contributed by atoms with E-state index < -0.39 is 10.0 Å². The Bertz CT molecular complexity index is 1880. The van der Waals surface area contributed by atoms with Gasteiger partial charge in [0.25, 0.3) is 10.0 Å². The summed E-state index contributed by atoms with van der Waals surface area (Å²) in [6.07, 6.45) is 1.52. The van der Waals surface area contributed by atoms with Gasteiger partial charge in [-0.25, -0.2) is 12.4 Å². The van der Waals surface area contributed by atoms with Crippen LogP contribution < -0.4 is 14.2 Å². The van der Waals surface area contributed by atoms with Crippen LogP contribution in [0.5, 0.6) is 17.2 Å². The van der Waals surface area contributed by atoms with Gasteiger partial charge in [-0.15, -0.1) is 0 Å². The molecule has 5 aromatic rings. The molecule has 7 nitrogen and oxygen atoms in total. The normalized spacial score (nSPS) is 16.4. The van der Waals surface area contributed by atoms with Crippen LogP contribution in [-0.2, 0) is 36.0 Å². The molecule has 0 amide bonds. The lowest BCUT2D eigenvalue weighted by atomic mass is 9.85. The molecule has 1 unspecified atom stereocenters. The Morgan fingerprint density at radius 1 is 0.857 bits per heavy atom. The van der Waals surface area contributed by atoms with E-state index >= 15 is 0 Å². The Morgan fingerprint density at radius 3 is 2.36 bits per heavy atom. The molecule has 0 saturated heterocycles. The van der Waals surface area contributed by atoms with Crippen LogP contribution in [0.25, 0.3) is 10.9 Å². The number of hydrogen-bond acceptors (Lipinski definition) is 6. The molecule has 0 fully saturated rings. The molecule has 2 aliphatic rings. The van der Waals surface area contributed by atoms with Crippen LogP contribution >= 0.6 is 0 Å². The number of rotatable bonds is 7. The Morgan fingerprint density at radius 2 is 1.62 bits per heavy atom. The first-order valence-electron chi connectivity index (χ1n) is 14.1.